The van der Waals surface area contributed by atoms with Gasteiger partial charge in [0.1, 0.15) is 0 Å². The zero-order chi connectivity index (χ0) is 24.9. The third-order valence-corrected chi connectivity index (χ3v) is 4.40. The first-order chi connectivity index (χ1) is 13.5. The maximum absolute atomic E-state index is 13.8. The molecular weight excluding hydrogens is 501 g/mol. The van der Waals surface area contributed by atoms with Crippen LogP contribution >= 0.6 is 11.6 Å². The molecule has 0 heterocycles. The van der Waals surface area contributed by atoms with E-state index in [0.717, 1.165) is 24.3 Å². The van der Waals surface area contributed by atoms with Crippen LogP contribution in [0.4, 0.5) is 65.9 Å². The predicted molar refractivity (Wildman–Crippen MR) is 75.4 cm³/mol. The monoisotopic (exact) mass is 508 g/mol. The van der Waals surface area contributed by atoms with E-state index >= 15 is 0 Å². The van der Waals surface area contributed by atoms with Gasteiger partial charge >= 0.3 is 41.7 Å². The Balaban J connectivity index is 3.44. The summed E-state index contributed by atoms with van der Waals surface area (Å²) in [4.78, 5) is 0. The highest BCUT2D eigenvalue weighted by molar-refractivity contribution is 6.20. The molecule has 0 aliphatic rings. The highest BCUT2D eigenvalue weighted by atomic mass is 35.5. The van der Waals surface area contributed by atoms with E-state index in [0.29, 0.717) is 0 Å². The topological polar surface area (TPSA) is 0 Å². The van der Waals surface area contributed by atoms with E-state index in [9.17, 15) is 65.9 Å². The Morgan fingerprint density at radius 2 is 0.903 bits per heavy atom. The van der Waals surface area contributed by atoms with Crippen LogP contribution in [-0.2, 0) is 0 Å². The molecule has 0 spiro atoms. The minimum absolute atomic E-state index is 0.441. The number of rotatable bonds is 8. The predicted octanol–water partition coefficient (Wildman–Crippen LogP) is 7.73. The van der Waals surface area contributed by atoms with Crippen molar-refractivity contribution in [3.8, 4) is 0 Å². The molecule has 0 aliphatic carbocycles. The van der Waals surface area contributed by atoms with Crippen LogP contribution in [0.3, 0.4) is 0 Å². The van der Waals surface area contributed by atoms with Gasteiger partial charge in [0, 0.05) is 6.42 Å². The van der Waals surface area contributed by atoms with Crippen LogP contribution in [-0.4, -0.2) is 41.7 Å². The van der Waals surface area contributed by atoms with Crippen LogP contribution in [0.15, 0.2) is 30.3 Å². The van der Waals surface area contributed by atoms with E-state index in [4.69, 9.17) is 11.6 Å². The molecule has 1 rings (SSSR count). The van der Waals surface area contributed by atoms with Crippen molar-refractivity contribution in [3.63, 3.8) is 0 Å². The Morgan fingerprint density at radius 3 is 1.29 bits per heavy atom. The quantitative estimate of drug-likeness (QED) is 0.249. The first kappa shape index (κ1) is 27.5. The molecule has 31 heavy (non-hydrogen) atoms. The average molecular weight is 509 g/mol. The van der Waals surface area contributed by atoms with Crippen molar-refractivity contribution in [3.05, 3.63) is 35.9 Å². The minimum atomic E-state index is -8.29. The summed E-state index contributed by atoms with van der Waals surface area (Å²) in [6, 6.07) is 5.26. The second-order valence-corrected chi connectivity index (χ2v) is 6.68. The smallest absolute Gasteiger partial charge is 0.200 e. The summed E-state index contributed by atoms with van der Waals surface area (Å²) < 4.78 is 196. The van der Waals surface area contributed by atoms with Crippen molar-refractivity contribution in [2.24, 2.45) is 0 Å². The lowest BCUT2D eigenvalue weighted by molar-refractivity contribution is -0.452. The van der Waals surface area contributed by atoms with Crippen molar-refractivity contribution in [1.82, 2.24) is 0 Å². The Hall–Kier alpha value is -1.54. The number of hydrogen-bond donors (Lipinski definition) is 0. The highest BCUT2D eigenvalue weighted by Crippen LogP contribution is 2.63. The first-order valence-corrected chi connectivity index (χ1v) is 7.95. The van der Waals surface area contributed by atoms with Gasteiger partial charge in [0.2, 0.25) is 0 Å². The number of halogens is 16. The molecule has 1 aromatic carbocycles. The van der Waals surface area contributed by atoms with Gasteiger partial charge in [0.05, 0.1) is 5.38 Å². The normalized spacial score (nSPS) is 16.4. The van der Waals surface area contributed by atoms with Crippen LogP contribution in [0.1, 0.15) is 17.4 Å². The van der Waals surface area contributed by atoms with E-state index < -0.39 is 59.1 Å². The van der Waals surface area contributed by atoms with E-state index in [1.54, 1.807) is 0 Å². The fourth-order valence-electron chi connectivity index (χ4n) is 2.13. The van der Waals surface area contributed by atoms with Gasteiger partial charge in [0.25, 0.3) is 0 Å². The van der Waals surface area contributed by atoms with Gasteiger partial charge in [0.15, 0.2) is 0 Å². The van der Waals surface area contributed by atoms with Crippen LogP contribution in [0.2, 0.25) is 0 Å². The molecule has 0 saturated heterocycles. The summed E-state index contributed by atoms with van der Waals surface area (Å²) in [5.74, 6) is -46.5. The van der Waals surface area contributed by atoms with E-state index in [2.05, 4.69) is 0 Å². The summed E-state index contributed by atoms with van der Waals surface area (Å²) in [6.07, 6.45) is -10.2. The lowest BCUT2D eigenvalue weighted by Gasteiger charge is -2.41. The second-order valence-electron chi connectivity index (χ2n) is 6.16. The van der Waals surface area contributed by atoms with Gasteiger partial charge in [-0.15, -0.1) is 11.6 Å². The van der Waals surface area contributed by atoms with Gasteiger partial charge < -0.3 is 0 Å². The Kier molecular flexibility index (Phi) is 6.92. The van der Waals surface area contributed by atoms with E-state index in [-0.39, 0.29) is 0 Å². The van der Waals surface area contributed by atoms with Crippen molar-refractivity contribution in [1.29, 1.82) is 0 Å². The largest absolute Gasteiger partial charge is 0.460 e. The summed E-state index contributed by atoms with van der Waals surface area (Å²) in [5.41, 5.74) is -0.441. The summed E-state index contributed by atoms with van der Waals surface area (Å²) in [6.45, 7) is 0. The average Bonchev–Trinajstić information content (AvgIpc) is 2.60. The summed E-state index contributed by atoms with van der Waals surface area (Å²) >= 11 is 5.32. The molecular formula is C15H8ClF15. The molecule has 0 radical (unpaired) electrons. The molecule has 0 aliphatic heterocycles. The van der Waals surface area contributed by atoms with Crippen molar-refractivity contribution in [2.75, 3.05) is 0 Å². The van der Waals surface area contributed by atoms with Gasteiger partial charge in [-0.05, 0) is 5.56 Å². The van der Waals surface area contributed by atoms with E-state index in [1.165, 1.54) is 6.07 Å². The lowest BCUT2D eigenvalue weighted by atomic mass is 9.89. The maximum atomic E-state index is 13.8. The third-order valence-electron chi connectivity index (χ3n) is 3.99. The summed E-state index contributed by atoms with van der Waals surface area (Å²) in [5, 5.41) is -2.30. The van der Waals surface area contributed by atoms with Gasteiger partial charge in [-0.2, -0.15) is 65.9 Å². The van der Waals surface area contributed by atoms with Crippen LogP contribution in [0, 0.1) is 0 Å². The van der Waals surface area contributed by atoms with Gasteiger partial charge in [-0.1, -0.05) is 30.3 Å². The fourth-order valence-corrected chi connectivity index (χ4v) is 2.47. The van der Waals surface area contributed by atoms with Gasteiger partial charge in [-0.25, -0.2) is 0 Å². The van der Waals surface area contributed by atoms with Crippen molar-refractivity contribution < 1.29 is 65.9 Å². The van der Waals surface area contributed by atoms with Crippen molar-refractivity contribution >= 4 is 11.6 Å². The molecule has 180 valence electrons. The van der Waals surface area contributed by atoms with Gasteiger partial charge in [-0.3, -0.25) is 0 Å². The Labute approximate surface area is 168 Å². The first-order valence-electron chi connectivity index (χ1n) is 7.51. The zero-order valence-corrected chi connectivity index (χ0v) is 15.0. The molecule has 0 fully saturated rings. The maximum Gasteiger partial charge on any atom is 0.460 e. The minimum Gasteiger partial charge on any atom is -0.200 e. The lowest BCUT2D eigenvalue weighted by Crippen LogP contribution is -2.72. The Morgan fingerprint density at radius 1 is 0.548 bits per heavy atom. The van der Waals surface area contributed by atoms with Crippen molar-refractivity contribution in [2.45, 2.75) is 53.5 Å². The molecule has 1 atom stereocenters. The zero-order valence-electron chi connectivity index (χ0n) is 14.2. The second kappa shape index (κ2) is 7.80. The molecule has 1 aromatic rings. The molecule has 16 heteroatoms. The molecule has 0 bridgehead atoms. The number of alkyl halides is 16. The third kappa shape index (κ3) is 4.13. The van der Waals surface area contributed by atoms with Crippen LogP contribution < -0.4 is 0 Å². The standard InChI is InChI=1S/C15H8ClF15/c16-8(7-4-2-1-3-5-7)6-9(17,18)10(19,20)11(21,22)12(23,24)13(25,26)14(27,28)15(29,30)31/h1-5,8H,6H2. The summed E-state index contributed by atoms with van der Waals surface area (Å²) in [7, 11) is 0. The molecule has 0 saturated carbocycles. The molecule has 1 unspecified atom stereocenters. The van der Waals surface area contributed by atoms with E-state index in [1.807, 2.05) is 0 Å². The molecule has 0 N–H and O–H groups in total. The fraction of sp³-hybridized carbons (Fsp3) is 0.600. The number of benzene rings is 1. The molecule has 0 amide bonds. The number of hydrogen-bond acceptors (Lipinski definition) is 0. The van der Waals surface area contributed by atoms with Crippen LogP contribution in [0.25, 0.3) is 0 Å². The molecule has 0 aromatic heterocycles. The van der Waals surface area contributed by atoms with Crippen LogP contribution in [0.5, 0.6) is 0 Å². The SMILES string of the molecule is FC(F)(F)C(F)(F)C(F)(F)C(F)(F)C(F)(F)C(F)(F)C(F)(F)CC(Cl)c1ccccc1. The highest BCUT2D eigenvalue weighted by Gasteiger charge is 2.93. The Bertz CT molecular complexity index is 753. The molecule has 0 nitrogen and oxygen atoms in total.